The van der Waals surface area contributed by atoms with Crippen LogP contribution in [0.5, 0.6) is 5.75 Å². The first-order valence-corrected chi connectivity index (χ1v) is 8.19. The smallest absolute Gasteiger partial charge is 0.226 e. The number of carbonyl (C=O) groups excluding carboxylic acids is 1. The maximum Gasteiger partial charge on any atom is 0.226 e. The van der Waals surface area contributed by atoms with E-state index in [1.807, 2.05) is 40.3 Å². The molecule has 3 aromatic rings. The molecule has 3 heterocycles. The zero-order chi connectivity index (χ0) is 15.8. The zero-order valence-electron chi connectivity index (χ0n) is 12.5. The SMILES string of the molecule is COc1ccc(-n2cnc3c2NC(=O)C[C@@H]3c2cccs2)cc1. The van der Waals surface area contributed by atoms with Crippen LogP contribution in [0.4, 0.5) is 5.82 Å². The van der Waals surface area contributed by atoms with Gasteiger partial charge in [0.25, 0.3) is 0 Å². The predicted octanol–water partition coefficient (Wildman–Crippen LogP) is 3.42. The van der Waals surface area contributed by atoms with E-state index in [0.29, 0.717) is 6.42 Å². The van der Waals surface area contributed by atoms with Crippen molar-refractivity contribution >= 4 is 23.1 Å². The number of hydrogen-bond donors (Lipinski definition) is 1. The highest BCUT2D eigenvalue weighted by Crippen LogP contribution is 2.38. The molecule has 0 bridgehead atoms. The molecular formula is C17H15N3O2S. The van der Waals surface area contributed by atoms with Crippen molar-refractivity contribution < 1.29 is 9.53 Å². The Morgan fingerprint density at radius 3 is 2.83 bits per heavy atom. The average Bonchev–Trinajstić information content (AvgIpc) is 3.24. The number of aromatic nitrogens is 2. The number of carbonyl (C=O) groups is 1. The van der Waals surface area contributed by atoms with Crippen LogP contribution in [0.3, 0.4) is 0 Å². The van der Waals surface area contributed by atoms with Gasteiger partial charge < -0.3 is 10.1 Å². The Morgan fingerprint density at radius 1 is 1.30 bits per heavy atom. The molecule has 116 valence electrons. The highest BCUT2D eigenvalue weighted by atomic mass is 32.1. The summed E-state index contributed by atoms with van der Waals surface area (Å²) in [7, 11) is 1.64. The van der Waals surface area contributed by atoms with Gasteiger partial charge >= 0.3 is 0 Å². The third kappa shape index (κ3) is 2.41. The standard InChI is InChI=1S/C17H15N3O2S/c1-22-12-6-4-11(5-7-12)20-10-18-16-13(14-3-2-8-23-14)9-15(21)19-17(16)20/h2-8,10,13H,9H2,1H3,(H,19,21)/t13-/m1/s1. The van der Waals surface area contributed by atoms with Crippen LogP contribution in [0.2, 0.25) is 0 Å². The predicted molar refractivity (Wildman–Crippen MR) is 89.5 cm³/mol. The highest BCUT2D eigenvalue weighted by Gasteiger charge is 2.31. The van der Waals surface area contributed by atoms with Crippen LogP contribution in [0.25, 0.3) is 5.69 Å². The summed E-state index contributed by atoms with van der Waals surface area (Å²) in [6.45, 7) is 0. The maximum atomic E-state index is 12.1. The van der Waals surface area contributed by atoms with Crippen molar-refractivity contribution in [2.24, 2.45) is 0 Å². The topological polar surface area (TPSA) is 56.1 Å². The van der Waals surface area contributed by atoms with Gasteiger partial charge in [0.15, 0.2) is 0 Å². The highest BCUT2D eigenvalue weighted by molar-refractivity contribution is 7.10. The molecule has 4 rings (SSSR count). The Bertz CT molecular complexity index is 837. The molecule has 0 aliphatic carbocycles. The van der Waals surface area contributed by atoms with Gasteiger partial charge in [-0.25, -0.2) is 4.98 Å². The van der Waals surface area contributed by atoms with Crippen LogP contribution in [0.1, 0.15) is 22.9 Å². The molecule has 2 aromatic heterocycles. The number of nitrogens with zero attached hydrogens (tertiary/aromatic N) is 2. The first-order valence-electron chi connectivity index (χ1n) is 7.31. The molecule has 0 unspecified atom stereocenters. The molecule has 5 nitrogen and oxygen atoms in total. The molecule has 1 N–H and O–H groups in total. The van der Waals surface area contributed by atoms with Gasteiger partial charge in [0, 0.05) is 22.9 Å². The van der Waals surface area contributed by atoms with Crippen LogP contribution < -0.4 is 10.1 Å². The number of hydrogen-bond acceptors (Lipinski definition) is 4. The minimum absolute atomic E-state index is 0.0196. The lowest BCUT2D eigenvalue weighted by Crippen LogP contribution is -2.24. The van der Waals surface area contributed by atoms with Gasteiger partial charge in [0.05, 0.1) is 12.8 Å². The second-order valence-electron chi connectivity index (χ2n) is 5.37. The van der Waals surface area contributed by atoms with Crippen molar-refractivity contribution in [2.45, 2.75) is 12.3 Å². The van der Waals surface area contributed by atoms with Gasteiger partial charge in [-0.2, -0.15) is 0 Å². The molecule has 1 aromatic carbocycles. The van der Waals surface area contributed by atoms with Gasteiger partial charge in [-0.15, -0.1) is 11.3 Å². The lowest BCUT2D eigenvalue weighted by atomic mass is 9.96. The molecule has 1 aliphatic rings. The van der Waals surface area contributed by atoms with Gasteiger partial charge in [-0.05, 0) is 35.7 Å². The fourth-order valence-corrected chi connectivity index (χ4v) is 3.70. The normalized spacial score (nSPS) is 16.7. The number of nitrogens with one attached hydrogen (secondary N) is 1. The first kappa shape index (κ1) is 14.0. The second kappa shape index (κ2) is 5.55. The lowest BCUT2D eigenvalue weighted by molar-refractivity contribution is -0.116. The van der Waals surface area contributed by atoms with Crippen molar-refractivity contribution in [2.75, 3.05) is 12.4 Å². The van der Waals surface area contributed by atoms with Crippen molar-refractivity contribution in [3.05, 3.63) is 58.7 Å². The molecule has 1 atom stereocenters. The van der Waals surface area contributed by atoms with Crippen molar-refractivity contribution in [3.63, 3.8) is 0 Å². The van der Waals surface area contributed by atoms with Crippen molar-refractivity contribution in [1.29, 1.82) is 0 Å². The van der Waals surface area contributed by atoms with Gasteiger partial charge in [-0.3, -0.25) is 9.36 Å². The molecule has 1 aliphatic heterocycles. The van der Waals surface area contributed by atoms with Crippen molar-refractivity contribution in [1.82, 2.24) is 9.55 Å². The van der Waals surface area contributed by atoms with E-state index < -0.39 is 0 Å². The molecule has 23 heavy (non-hydrogen) atoms. The Hall–Kier alpha value is -2.60. The van der Waals surface area contributed by atoms with E-state index in [1.54, 1.807) is 24.8 Å². The Morgan fingerprint density at radius 2 is 2.13 bits per heavy atom. The monoisotopic (exact) mass is 325 g/mol. The molecule has 0 radical (unpaired) electrons. The fraction of sp³-hybridized carbons (Fsp3) is 0.176. The summed E-state index contributed by atoms with van der Waals surface area (Å²) < 4.78 is 7.10. The molecule has 6 heteroatoms. The zero-order valence-corrected chi connectivity index (χ0v) is 13.3. The van der Waals surface area contributed by atoms with Crippen LogP contribution in [-0.4, -0.2) is 22.6 Å². The number of fused-ring (bicyclic) bond motifs is 1. The molecule has 0 spiro atoms. The summed E-state index contributed by atoms with van der Waals surface area (Å²) in [5.74, 6) is 1.59. The van der Waals surface area contributed by atoms with Crippen LogP contribution >= 0.6 is 11.3 Å². The van der Waals surface area contributed by atoms with E-state index in [2.05, 4.69) is 16.4 Å². The van der Waals surface area contributed by atoms with Crippen molar-refractivity contribution in [3.8, 4) is 11.4 Å². The molecule has 0 saturated carbocycles. The number of benzene rings is 1. The Balaban J connectivity index is 1.78. The first-order chi connectivity index (χ1) is 11.3. The number of methoxy groups -OCH3 is 1. The summed E-state index contributed by atoms with van der Waals surface area (Å²) in [6, 6.07) is 11.7. The number of imidazole rings is 1. The van der Waals surface area contributed by atoms with Gasteiger partial charge in [-0.1, -0.05) is 6.07 Å². The molecule has 0 fully saturated rings. The minimum Gasteiger partial charge on any atom is -0.497 e. The van der Waals surface area contributed by atoms with Crippen LogP contribution in [0, 0.1) is 0 Å². The number of amides is 1. The molecule has 1 amide bonds. The summed E-state index contributed by atoms with van der Waals surface area (Å²) in [4.78, 5) is 17.9. The maximum absolute atomic E-state index is 12.1. The van der Waals surface area contributed by atoms with E-state index in [-0.39, 0.29) is 11.8 Å². The second-order valence-corrected chi connectivity index (χ2v) is 6.35. The van der Waals surface area contributed by atoms with E-state index in [4.69, 9.17) is 4.74 Å². The van der Waals surface area contributed by atoms with E-state index in [0.717, 1.165) is 22.9 Å². The lowest BCUT2D eigenvalue weighted by Gasteiger charge is -2.22. The van der Waals surface area contributed by atoms with Gasteiger partial charge in [0.2, 0.25) is 5.91 Å². The third-order valence-electron chi connectivity index (χ3n) is 4.01. The van der Waals surface area contributed by atoms with E-state index in [1.165, 1.54) is 4.88 Å². The Labute approximate surface area is 137 Å². The number of thiophene rings is 1. The van der Waals surface area contributed by atoms with Gasteiger partial charge in [0.1, 0.15) is 17.9 Å². The van der Waals surface area contributed by atoms with E-state index >= 15 is 0 Å². The fourth-order valence-electron chi connectivity index (χ4n) is 2.87. The molecule has 0 saturated heterocycles. The number of ether oxygens (including phenoxy) is 1. The van der Waals surface area contributed by atoms with Crippen LogP contribution in [-0.2, 0) is 4.79 Å². The quantitative estimate of drug-likeness (QED) is 0.803. The average molecular weight is 325 g/mol. The molecular weight excluding hydrogens is 310 g/mol. The van der Waals surface area contributed by atoms with Crippen LogP contribution in [0.15, 0.2) is 48.1 Å². The largest absolute Gasteiger partial charge is 0.497 e. The third-order valence-corrected chi connectivity index (χ3v) is 5.00. The summed E-state index contributed by atoms with van der Waals surface area (Å²) in [5, 5.41) is 4.99. The minimum atomic E-state index is 0.0196. The number of rotatable bonds is 3. The summed E-state index contributed by atoms with van der Waals surface area (Å²) >= 11 is 1.66. The Kier molecular flexibility index (Phi) is 3.38. The summed E-state index contributed by atoms with van der Waals surface area (Å²) in [5.41, 5.74) is 1.86. The van der Waals surface area contributed by atoms with E-state index in [9.17, 15) is 4.79 Å². The summed E-state index contributed by atoms with van der Waals surface area (Å²) in [6.07, 6.45) is 2.20. The number of anilines is 1.